The number of benzene rings is 1. The van der Waals surface area contributed by atoms with Crippen LogP contribution in [0, 0.1) is 6.92 Å². The highest BCUT2D eigenvalue weighted by Crippen LogP contribution is 2.29. The average Bonchev–Trinajstić information content (AvgIpc) is 3.05. The molecule has 26 heavy (non-hydrogen) atoms. The third-order valence-electron chi connectivity index (χ3n) is 3.36. The van der Waals surface area contributed by atoms with Crippen molar-refractivity contribution in [2.75, 3.05) is 13.3 Å². The summed E-state index contributed by atoms with van der Waals surface area (Å²) < 4.78 is 37.7. The van der Waals surface area contributed by atoms with Crippen LogP contribution in [-0.2, 0) is 19.3 Å². The smallest absolute Gasteiger partial charge is 0.352 e. The van der Waals surface area contributed by atoms with E-state index in [1.54, 1.807) is 18.8 Å². The largest absolute Gasteiger partial charge is 0.434 e. The molecule has 0 aliphatic rings. The predicted molar refractivity (Wildman–Crippen MR) is 113 cm³/mol. The molecular formula is C16H20F3IN4S2. The third-order valence-corrected chi connectivity index (χ3v) is 5.03. The van der Waals surface area contributed by atoms with E-state index in [9.17, 15) is 13.2 Å². The predicted octanol–water partition coefficient (Wildman–Crippen LogP) is 4.68. The fourth-order valence-electron chi connectivity index (χ4n) is 2.08. The fourth-order valence-corrected chi connectivity index (χ4v) is 3.53. The van der Waals surface area contributed by atoms with E-state index in [4.69, 9.17) is 0 Å². The van der Waals surface area contributed by atoms with E-state index in [-0.39, 0.29) is 30.5 Å². The van der Waals surface area contributed by atoms with Crippen molar-refractivity contribution < 1.29 is 13.2 Å². The standard InChI is InChI=1S/C16H19F3N4S2.HI/c1-10-4-5-11(12(6-10)24-3)7-21-15(20-2)22-8-14-23-13(9-25-14)16(17,18)19;/h4-6,9H,7-8H2,1-3H3,(H2,20,21,22);1H. The van der Waals surface area contributed by atoms with Crippen molar-refractivity contribution in [1.29, 1.82) is 0 Å². The maximum absolute atomic E-state index is 12.6. The minimum Gasteiger partial charge on any atom is -0.352 e. The Labute approximate surface area is 176 Å². The normalized spacial score (nSPS) is 11.8. The van der Waals surface area contributed by atoms with E-state index < -0.39 is 11.9 Å². The highest BCUT2D eigenvalue weighted by molar-refractivity contribution is 14.0. The molecule has 4 nitrogen and oxygen atoms in total. The molecule has 1 aromatic heterocycles. The van der Waals surface area contributed by atoms with Gasteiger partial charge in [0.25, 0.3) is 0 Å². The summed E-state index contributed by atoms with van der Waals surface area (Å²) in [5.41, 5.74) is 1.47. The summed E-state index contributed by atoms with van der Waals surface area (Å²) in [5, 5.41) is 7.52. The first-order valence-corrected chi connectivity index (χ1v) is 9.53. The Kier molecular flexibility index (Phi) is 9.17. The molecule has 144 valence electrons. The van der Waals surface area contributed by atoms with Gasteiger partial charge in [-0.3, -0.25) is 4.99 Å². The van der Waals surface area contributed by atoms with Gasteiger partial charge >= 0.3 is 6.18 Å². The zero-order chi connectivity index (χ0) is 18.4. The van der Waals surface area contributed by atoms with Crippen LogP contribution in [0.25, 0.3) is 0 Å². The number of alkyl halides is 3. The topological polar surface area (TPSA) is 49.3 Å². The van der Waals surface area contributed by atoms with Crippen molar-refractivity contribution in [1.82, 2.24) is 15.6 Å². The number of nitrogens with zero attached hydrogens (tertiary/aromatic N) is 2. The molecule has 2 N–H and O–H groups in total. The number of halogens is 4. The van der Waals surface area contributed by atoms with Crippen LogP contribution in [0.4, 0.5) is 13.2 Å². The summed E-state index contributed by atoms with van der Waals surface area (Å²) in [6, 6.07) is 6.21. The van der Waals surface area contributed by atoms with Gasteiger partial charge in [-0.05, 0) is 30.4 Å². The summed E-state index contributed by atoms with van der Waals surface area (Å²) >= 11 is 2.64. The molecule has 0 bridgehead atoms. The van der Waals surface area contributed by atoms with Gasteiger partial charge in [-0.25, -0.2) is 4.98 Å². The Hall–Kier alpha value is -1.01. The van der Waals surface area contributed by atoms with Crippen molar-refractivity contribution >= 4 is 53.0 Å². The Morgan fingerprint density at radius 1 is 1.27 bits per heavy atom. The van der Waals surface area contributed by atoms with Gasteiger partial charge in [0.1, 0.15) is 5.01 Å². The van der Waals surface area contributed by atoms with Crippen molar-refractivity contribution in [3.63, 3.8) is 0 Å². The highest BCUT2D eigenvalue weighted by Gasteiger charge is 2.33. The molecule has 0 aliphatic carbocycles. The Morgan fingerprint density at radius 2 is 1.96 bits per heavy atom. The van der Waals surface area contributed by atoms with Gasteiger partial charge in [0, 0.05) is 23.9 Å². The number of aryl methyl sites for hydroxylation is 1. The quantitative estimate of drug-likeness (QED) is 0.263. The molecule has 0 saturated heterocycles. The van der Waals surface area contributed by atoms with Gasteiger partial charge in [-0.15, -0.1) is 47.1 Å². The summed E-state index contributed by atoms with van der Waals surface area (Å²) in [6.45, 7) is 2.80. The zero-order valence-electron chi connectivity index (χ0n) is 14.5. The van der Waals surface area contributed by atoms with Crippen molar-refractivity contribution in [3.8, 4) is 0 Å². The number of guanidine groups is 1. The first-order chi connectivity index (χ1) is 11.8. The molecule has 0 spiro atoms. The molecule has 0 unspecified atom stereocenters. The number of rotatable bonds is 5. The minimum atomic E-state index is -4.41. The molecule has 0 radical (unpaired) electrons. The summed E-state index contributed by atoms with van der Waals surface area (Å²) in [7, 11) is 1.61. The van der Waals surface area contributed by atoms with Crippen molar-refractivity contribution in [2.24, 2.45) is 4.99 Å². The Bertz CT molecular complexity index is 747. The third kappa shape index (κ3) is 6.62. The van der Waals surface area contributed by atoms with E-state index in [1.807, 2.05) is 19.2 Å². The first kappa shape index (κ1) is 23.0. The molecule has 1 aromatic carbocycles. The summed E-state index contributed by atoms with van der Waals surface area (Å²) in [6.07, 6.45) is -2.39. The zero-order valence-corrected chi connectivity index (χ0v) is 18.4. The number of thiazole rings is 1. The van der Waals surface area contributed by atoms with Gasteiger partial charge in [-0.2, -0.15) is 13.2 Å². The molecule has 1 heterocycles. The molecule has 0 amide bonds. The van der Waals surface area contributed by atoms with E-state index in [0.29, 0.717) is 17.5 Å². The minimum absolute atomic E-state index is 0. The second-order valence-corrected chi connectivity index (χ2v) is 7.01. The van der Waals surface area contributed by atoms with Gasteiger partial charge in [0.15, 0.2) is 11.7 Å². The average molecular weight is 516 g/mol. The van der Waals surface area contributed by atoms with E-state index >= 15 is 0 Å². The lowest BCUT2D eigenvalue weighted by Gasteiger charge is -2.13. The van der Waals surface area contributed by atoms with E-state index in [1.165, 1.54) is 10.5 Å². The highest BCUT2D eigenvalue weighted by atomic mass is 127. The lowest BCUT2D eigenvalue weighted by Crippen LogP contribution is -2.36. The molecule has 0 fully saturated rings. The second kappa shape index (κ2) is 10.4. The van der Waals surface area contributed by atoms with E-state index in [0.717, 1.165) is 22.3 Å². The molecule has 2 rings (SSSR count). The number of thioether (sulfide) groups is 1. The van der Waals surface area contributed by atoms with Gasteiger partial charge in [-0.1, -0.05) is 12.1 Å². The van der Waals surface area contributed by atoms with Crippen LogP contribution in [0.3, 0.4) is 0 Å². The van der Waals surface area contributed by atoms with Crippen LogP contribution in [-0.4, -0.2) is 24.2 Å². The number of nitrogens with one attached hydrogen (secondary N) is 2. The fraction of sp³-hybridized carbons (Fsp3) is 0.375. The van der Waals surface area contributed by atoms with Crippen LogP contribution in [0.15, 0.2) is 33.5 Å². The number of aromatic nitrogens is 1. The second-order valence-electron chi connectivity index (χ2n) is 5.22. The lowest BCUT2D eigenvalue weighted by atomic mass is 10.1. The molecule has 10 heteroatoms. The SMILES string of the molecule is CN=C(NCc1nc(C(F)(F)F)cs1)NCc1ccc(C)cc1SC.I. The molecule has 0 saturated carbocycles. The monoisotopic (exact) mass is 516 g/mol. The molecule has 0 atom stereocenters. The van der Waals surface area contributed by atoms with Crippen LogP contribution < -0.4 is 10.6 Å². The van der Waals surface area contributed by atoms with Crippen molar-refractivity contribution in [2.45, 2.75) is 31.1 Å². The van der Waals surface area contributed by atoms with E-state index in [2.05, 4.69) is 32.7 Å². The molecule has 0 aliphatic heterocycles. The van der Waals surface area contributed by atoms with Crippen LogP contribution in [0.5, 0.6) is 0 Å². The molecule has 2 aromatic rings. The van der Waals surface area contributed by atoms with Crippen molar-refractivity contribution in [3.05, 3.63) is 45.4 Å². The summed E-state index contributed by atoms with van der Waals surface area (Å²) in [5.74, 6) is 0.511. The number of hydrogen-bond acceptors (Lipinski definition) is 4. The van der Waals surface area contributed by atoms with Gasteiger partial charge in [0.05, 0.1) is 6.54 Å². The number of aliphatic imine (C=N–C) groups is 1. The van der Waals surface area contributed by atoms with Gasteiger partial charge in [0.2, 0.25) is 0 Å². The van der Waals surface area contributed by atoms with Gasteiger partial charge < -0.3 is 10.6 Å². The summed E-state index contributed by atoms with van der Waals surface area (Å²) in [4.78, 5) is 8.86. The lowest BCUT2D eigenvalue weighted by molar-refractivity contribution is -0.140. The number of hydrogen-bond donors (Lipinski definition) is 2. The Morgan fingerprint density at radius 3 is 2.54 bits per heavy atom. The molecular weight excluding hydrogens is 496 g/mol. The Balaban J connectivity index is 0.00000338. The first-order valence-electron chi connectivity index (χ1n) is 7.43. The van der Waals surface area contributed by atoms with Crippen LogP contribution >= 0.6 is 47.1 Å². The van der Waals surface area contributed by atoms with Crippen LogP contribution in [0.2, 0.25) is 0 Å². The maximum atomic E-state index is 12.6. The van der Waals surface area contributed by atoms with Crippen LogP contribution in [0.1, 0.15) is 21.8 Å². The maximum Gasteiger partial charge on any atom is 0.434 e.